The Morgan fingerprint density at radius 3 is 2.63 bits per heavy atom. The Hall–Kier alpha value is -1.56. The maximum Gasteiger partial charge on any atom is 0.416 e. The Balaban J connectivity index is 2.36. The molecule has 19 heavy (non-hydrogen) atoms. The van der Waals surface area contributed by atoms with Crippen molar-refractivity contribution in [2.24, 2.45) is 0 Å². The second-order valence-corrected chi connectivity index (χ2v) is 4.60. The summed E-state index contributed by atoms with van der Waals surface area (Å²) in [7, 11) is 0. The minimum atomic E-state index is -4.37. The van der Waals surface area contributed by atoms with Crippen LogP contribution in [0.15, 0.2) is 18.2 Å². The molecule has 0 aliphatic carbocycles. The number of hydrogen-bond acceptors (Lipinski definition) is 2. The lowest BCUT2D eigenvalue weighted by Gasteiger charge is -2.33. The molecular formula is C13H14F3NO2. The Labute approximate surface area is 108 Å². The van der Waals surface area contributed by atoms with E-state index < -0.39 is 23.8 Å². The number of aliphatic carboxylic acids is 1. The van der Waals surface area contributed by atoms with E-state index in [2.05, 4.69) is 0 Å². The topological polar surface area (TPSA) is 40.5 Å². The fourth-order valence-electron chi connectivity index (χ4n) is 2.39. The Morgan fingerprint density at radius 1 is 1.42 bits per heavy atom. The molecular weight excluding hydrogens is 259 g/mol. The molecule has 1 atom stereocenters. The maximum absolute atomic E-state index is 12.6. The van der Waals surface area contributed by atoms with Crippen LogP contribution in [-0.4, -0.2) is 28.6 Å². The first-order chi connectivity index (χ1) is 8.82. The molecule has 1 heterocycles. The monoisotopic (exact) mass is 273 g/mol. The van der Waals surface area contributed by atoms with Gasteiger partial charge in [-0.25, -0.2) is 0 Å². The highest BCUT2D eigenvalue weighted by Gasteiger charge is 2.34. The molecule has 104 valence electrons. The Morgan fingerprint density at radius 2 is 2.11 bits per heavy atom. The summed E-state index contributed by atoms with van der Waals surface area (Å²) in [5, 5.41) is 9.13. The number of nitrogens with zero attached hydrogens (tertiary/aromatic N) is 1. The van der Waals surface area contributed by atoms with E-state index in [1.54, 1.807) is 11.8 Å². The van der Waals surface area contributed by atoms with Gasteiger partial charge in [-0.2, -0.15) is 13.2 Å². The molecule has 0 fully saturated rings. The van der Waals surface area contributed by atoms with E-state index in [0.717, 1.165) is 12.1 Å². The van der Waals surface area contributed by atoms with Crippen LogP contribution < -0.4 is 0 Å². The second-order valence-electron chi connectivity index (χ2n) is 4.60. The zero-order valence-electron chi connectivity index (χ0n) is 10.4. The summed E-state index contributed by atoms with van der Waals surface area (Å²) in [5.41, 5.74) is 0.565. The first-order valence-corrected chi connectivity index (χ1v) is 5.98. The van der Waals surface area contributed by atoms with E-state index in [1.807, 2.05) is 0 Å². The van der Waals surface area contributed by atoms with Crippen molar-refractivity contribution in [3.63, 3.8) is 0 Å². The third-order valence-electron chi connectivity index (χ3n) is 3.45. The van der Waals surface area contributed by atoms with Gasteiger partial charge in [0.2, 0.25) is 0 Å². The summed E-state index contributed by atoms with van der Waals surface area (Å²) in [6, 6.07) is 2.87. The van der Waals surface area contributed by atoms with Gasteiger partial charge in [-0.05, 0) is 36.2 Å². The van der Waals surface area contributed by atoms with Crippen molar-refractivity contribution in [2.45, 2.75) is 32.1 Å². The van der Waals surface area contributed by atoms with Crippen molar-refractivity contribution in [3.8, 4) is 0 Å². The molecule has 0 bridgehead atoms. The third kappa shape index (κ3) is 2.73. The van der Waals surface area contributed by atoms with Crippen LogP contribution in [0.1, 0.15) is 23.6 Å². The van der Waals surface area contributed by atoms with Crippen molar-refractivity contribution in [2.75, 3.05) is 6.54 Å². The lowest BCUT2D eigenvalue weighted by molar-refractivity contribution is -0.144. The second kappa shape index (κ2) is 4.85. The zero-order valence-corrected chi connectivity index (χ0v) is 10.4. The van der Waals surface area contributed by atoms with E-state index in [4.69, 9.17) is 5.11 Å². The molecule has 0 radical (unpaired) electrons. The number of hydrogen-bond donors (Lipinski definition) is 1. The van der Waals surface area contributed by atoms with Crippen LogP contribution in [0.2, 0.25) is 0 Å². The van der Waals surface area contributed by atoms with Crippen molar-refractivity contribution >= 4 is 5.97 Å². The predicted octanol–water partition coefficient (Wildman–Crippen LogP) is 2.54. The molecule has 2 rings (SSSR count). The van der Waals surface area contributed by atoms with Crippen molar-refractivity contribution in [1.82, 2.24) is 4.90 Å². The van der Waals surface area contributed by atoms with Gasteiger partial charge in [0.25, 0.3) is 0 Å². The molecule has 0 amide bonds. The number of carboxylic acid groups (broad SMARTS) is 1. The maximum atomic E-state index is 12.6. The largest absolute Gasteiger partial charge is 0.480 e. The highest BCUT2D eigenvalue weighted by Crippen LogP contribution is 2.33. The molecule has 1 aliphatic rings. The van der Waals surface area contributed by atoms with E-state index in [0.29, 0.717) is 17.7 Å². The molecule has 0 saturated carbocycles. The van der Waals surface area contributed by atoms with Crippen LogP contribution in [0.25, 0.3) is 0 Å². The van der Waals surface area contributed by atoms with Crippen LogP contribution in [0.3, 0.4) is 0 Å². The lowest BCUT2D eigenvalue weighted by atomic mass is 9.92. The van der Waals surface area contributed by atoms with Gasteiger partial charge < -0.3 is 5.11 Å². The van der Waals surface area contributed by atoms with Crippen LogP contribution in [0.5, 0.6) is 0 Å². The first-order valence-electron chi connectivity index (χ1n) is 5.98. The molecule has 1 aliphatic heterocycles. The van der Waals surface area contributed by atoms with E-state index in [-0.39, 0.29) is 13.0 Å². The highest BCUT2D eigenvalue weighted by atomic mass is 19.4. The third-order valence-corrected chi connectivity index (χ3v) is 3.45. The van der Waals surface area contributed by atoms with Crippen molar-refractivity contribution in [1.29, 1.82) is 0 Å². The fraction of sp³-hybridized carbons (Fsp3) is 0.462. The molecule has 1 unspecified atom stereocenters. The van der Waals surface area contributed by atoms with Gasteiger partial charge >= 0.3 is 12.1 Å². The van der Waals surface area contributed by atoms with E-state index in [1.165, 1.54) is 6.07 Å². The van der Waals surface area contributed by atoms with Crippen molar-refractivity contribution in [3.05, 3.63) is 34.9 Å². The van der Waals surface area contributed by atoms with E-state index in [9.17, 15) is 18.0 Å². The molecule has 0 spiro atoms. The summed E-state index contributed by atoms with van der Waals surface area (Å²) >= 11 is 0. The van der Waals surface area contributed by atoms with Crippen LogP contribution in [0.4, 0.5) is 13.2 Å². The average Bonchev–Trinajstić information content (AvgIpc) is 2.35. The molecule has 6 heteroatoms. The van der Waals surface area contributed by atoms with Crippen LogP contribution >= 0.6 is 0 Å². The Bertz CT molecular complexity index is 499. The van der Waals surface area contributed by atoms with E-state index >= 15 is 0 Å². The number of fused-ring (bicyclic) bond motifs is 1. The SMILES string of the molecule is CCN1Cc2cc(C(F)(F)F)ccc2CC1C(=O)O. The molecule has 1 N–H and O–H groups in total. The fourth-order valence-corrected chi connectivity index (χ4v) is 2.39. The van der Waals surface area contributed by atoms with Gasteiger partial charge in [0.1, 0.15) is 6.04 Å². The minimum Gasteiger partial charge on any atom is -0.480 e. The summed E-state index contributed by atoms with van der Waals surface area (Å²) < 4.78 is 37.9. The molecule has 3 nitrogen and oxygen atoms in total. The quantitative estimate of drug-likeness (QED) is 0.900. The summed E-state index contributed by atoms with van der Waals surface area (Å²) in [6.07, 6.45) is -4.12. The van der Waals surface area contributed by atoms with Gasteiger partial charge in [0.05, 0.1) is 5.56 Å². The number of carboxylic acids is 1. The minimum absolute atomic E-state index is 0.243. The number of carbonyl (C=O) groups is 1. The highest BCUT2D eigenvalue weighted by molar-refractivity contribution is 5.74. The molecule has 0 aromatic heterocycles. The van der Waals surface area contributed by atoms with Gasteiger partial charge in [-0.1, -0.05) is 13.0 Å². The average molecular weight is 273 g/mol. The lowest BCUT2D eigenvalue weighted by Crippen LogP contribution is -2.45. The van der Waals surface area contributed by atoms with Crippen molar-refractivity contribution < 1.29 is 23.1 Å². The summed E-state index contributed by atoms with van der Waals surface area (Å²) in [6.45, 7) is 2.54. The van der Waals surface area contributed by atoms with Gasteiger partial charge in [0, 0.05) is 6.54 Å². The smallest absolute Gasteiger partial charge is 0.416 e. The van der Waals surface area contributed by atoms with Crippen LogP contribution in [-0.2, 0) is 23.9 Å². The normalized spacial score (nSPS) is 20.1. The standard InChI is InChI=1S/C13H14F3NO2/c1-2-17-7-9-5-10(13(14,15)16)4-3-8(9)6-11(17)12(18)19/h3-5,11H,2,6-7H2,1H3,(H,18,19). The van der Waals surface area contributed by atoms with Gasteiger partial charge in [0.15, 0.2) is 0 Å². The number of alkyl halides is 3. The van der Waals surface area contributed by atoms with Crippen LogP contribution in [0, 0.1) is 0 Å². The Kier molecular flexibility index (Phi) is 3.54. The zero-order chi connectivity index (χ0) is 14.2. The molecule has 1 aromatic rings. The number of rotatable bonds is 2. The first kappa shape index (κ1) is 13.9. The molecule has 1 aromatic carbocycles. The summed E-state index contributed by atoms with van der Waals surface area (Å²) in [4.78, 5) is 12.8. The molecule has 0 saturated heterocycles. The number of halogens is 3. The van der Waals surface area contributed by atoms with Gasteiger partial charge in [-0.3, -0.25) is 9.69 Å². The summed E-state index contributed by atoms with van der Waals surface area (Å²) in [5.74, 6) is -0.938. The number of likely N-dealkylation sites (N-methyl/N-ethyl adjacent to an activating group) is 1. The van der Waals surface area contributed by atoms with Gasteiger partial charge in [-0.15, -0.1) is 0 Å². The predicted molar refractivity (Wildman–Crippen MR) is 62.7 cm³/mol. The number of benzene rings is 1.